The van der Waals surface area contributed by atoms with Gasteiger partial charge in [-0.05, 0) is 73.5 Å². The summed E-state index contributed by atoms with van der Waals surface area (Å²) in [5.41, 5.74) is 0.639. The summed E-state index contributed by atoms with van der Waals surface area (Å²) in [4.78, 5) is 36.2. The Morgan fingerprint density at radius 2 is 0.978 bits per heavy atom. The third-order valence-corrected chi connectivity index (χ3v) is 9.24. The van der Waals surface area contributed by atoms with Crippen molar-refractivity contribution in [2.24, 2.45) is 0 Å². The van der Waals surface area contributed by atoms with Gasteiger partial charge >= 0.3 is 0 Å². The molecule has 0 atom stereocenters. The smallest absolute Gasteiger partial charge is 0.268 e. The van der Waals surface area contributed by atoms with Crippen molar-refractivity contribution in [3.05, 3.63) is 120 Å². The standard InChI is InChI=1S/C18H18N2O5S.C14H13NO4S/c1-25-16-5-3-2-4-15(16)18(22)20-26(23,24)14-10-6-12(7-11-14)17(21)19-13-8-9-13;1-19-13-10-6-5-9-12(13)14(16)15-20(17,18)11-7-3-2-4-8-11/h2-7,10-11,13H,8-9H2,1H3,(H,19,21)(H,20,22);2-10H,1H3,(H,15,16). The van der Waals surface area contributed by atoms with Gasteiger partial charge in [0.15, 0.2) is 0 Å². The molecule has 5 rings (SSSR count). The number of benzene rings is 4. The van der Waals surface area contributed by atoms with E-state index in [1.165, 1.54) is 62.8 Å². The Morgan fingerprint density at radius 1 is 0.565 bits per heavy atom. The fraction of sp³-hybridized carbons (Fsp3) is 0.156. The molecule has 0 spiro atoms. The Kier molecular flexibility index (Phi) is 10.8. The zero-order chi connectivity index (χ0) is 33.3. The number of rotatable bonds is 10. The summed E-state index contributed by atoms with van der Waals surface area (Å²) in [6, 6.07) is 26.1. The minimum Gasteiger partial charge on any atom is -0.496 e. The van der Waals surface area contributed by atoms with Gasteiger partial charge in [0.1, 0.15) is 11.5 Å². The van der Waals surface area contributed by atoms with Crippen LogP contribution < -0.4 is 24.2 Å². The number of amides is 3. The lowest BCUT2D eigenvalue weighted by atomic mass is 10.2. The van der Waals surface area contributed by atoms with E-state index in [1.807, 2.05) is 9.44 Å². The van der Waals surface area contributed by atoms with Gasteiger partial charge in [-0.3, -0.25) is 14.4 Å². The van der Waals surface area contributed by atoms with Gasteiger partial charge < -0.3 is 14.8 Å². The first-order valence-electron chi connectivity index (χ1n) is 13.8. The quantitative estimate of drug-likeness (QED) is 0.229. The van der Waals surface area contributed by atoms with E-state index in [0.717, 1.165) is 12.8 Å². The van der Waals surface area contributed by atoms with Gasteiger partial charge in [-0.15, -0.1) is 0 Å². The van der Waals surface area contributed by atoms with Gasteiger partial charge in [0.25, 0.3) is 37.8 Å². The largest absolute Gasteiger partial charge is 0.496 e. The number of nitrogens with one attached hydrogen (secondary N) is 3. The number of carbonyl (C=O) groups is 3. The average molecular weight is 666 g/mol. The lowest BCUT2D eigenvalue weighted by Gasteiger charge is -2.10. The van der Waals surface area contributed by atoms with Crippen LogP contribution in [-0.4, -0.2) is 54.8 Å². The molecule has 3 N–H and O–H groups in total. The van der Waals surface area contributed by atoms with Crippen LogP contribution in [0, 0.1) is 0 Å². The highest BCUT2D eigenvalue weighted by Gasteiger charge is 2.25. The molecule has 0 heterocycles. The van der Waals surface area contributed by atoms with Crippen molar-refractivity contribution in [1.82, 2.24) is 14.8 Å². The number of hydrogen-bond donors (Lipinski definition) is 3. The summed E-state index contributed by atoms with van der Waals surface area (Å²) in [5, 5.41) is 2.82. The second-order valence-electron chi connectivity index (χ2n) is 9.85. The predicted octanol–water partition coefficient (Wildman–Crippen LogP) is 3.52. The maximum absolute atomic E-state index is 12.4. The average Bonchev–Trinajstić information content (AvgIpc) is 3.89. The summed E-state index contributed by atoms with van der Waals surface area (Å²) in [7, 11) is -5.15. The highest BCUT2D eigenvalue weighted by Crippen LogP contribution is 2.21. The maximum atomic E-state index is 12.4. The lowest BCUT2D eigenvalue weighted by Crippen LogP contribution is -2.31. The van der Waals surface area contributed by atoms with Crippen LogP contribution in [0.3, 0.4) is 0 Å². The first kappa shape index (κ1) is 33.7. The molecule has 240 valence electrons. The van der Waals surface area contributed by atoms with Crippen LogP contribution in [0.5, 0.6) is 11.5 Å². The van der Waals surface area contributed by atoms with Crippen molar-refractivity contribution < 1.29 is 40.7 Å². The zero-order valence-corrected chi connectivity index (χ0v) is 26.4. The van der Waals surface area contributed by atoms with E-state index in [4.69, 9.17) is 9.47 Å². The Labute approximate surface area is 266 Å². The number of methoxy groups -OCH3 is 2. The van der Waals surface area contributed by atoms with Gasteiger partial charge in [0.05, 0.1) is 35.1 Å². The minimum atomic E-state index is -4.07. The summed E-state index contributed by atoms with van der Waals surface area (Å²) in [6.07, 6.45) is 1.93. The normalized spacial score (nSPS) is 12.5. The van der Waals surface area contributed by atoms with E-state index in [9.17, 15) is 31.2 Å². The van der Waals surface area contributed by atoms with Gasteiger partial charge in [-0.25, -0.2) is 26.3 Å². The molecule has 1 fully saturated rings. The van der Waals surface area contributed by atoms with Gasteiger partial charge in [0.2, 0.25) is 0 Å². The molecule has 4 aromatic rings. The SMILES string of the molecule is COc1ccccc1C(=O)NS(=O)(=O)c1ccc(C(=O)NC2CC2)cc1.COc1ccccc1C(=O)NS(=O)(=O)c1ccccc1. The van der Waals surface area contributed by atoms with Gasteiger partial charge in [0, 0.05) is 11.6 Å². The van der Waals surface area contributed by atoms with E-state index >= 15 is 0 Å². The van der Waals surface area contributed by atoms with Crippen LogP contribution in [0.1, 0.15) is 43.9 Å². The predicted molar refractivity (Wildman–Crippen MR) is 169 cm³/mol. The third-order valence-electron chi connectivity index (χ3n) is 6.55. The fourth-order valence-corrected chi connectivity index (χ4v) is 5.97. The molecular formula is C32H31N3O9S2. The molecule has 0 saturated heterocycles. The van der Waals surface area contributed by atoms with E-state index in [-0.39, 0.29) is 38.6 Å². The van der Waals surface area contributed by atoms with E-state index < -0.39 is 31.9 Å². The Hall–Kier alpha value is -5.21. The molecule has 0 radical (unpaired) electrons. The molecule has 46 heavy (non-hydrogen) atoms. The van der Waals surface area contributed by atoms with Crippen molar-refractivity contribution in [3.8, 4) is 11.5 Å². The topological polar surface area (TPSA) is 174 Å². The monoisotopic (exact) mass is 665 g/mol. The number of sulfonamides is 2. The van der Waals surface area contributed by atoms with Crippen molar-refractivity contribution >= 4 is 37.8 Å². The highest BCUT2D eigenvalue weighted by molar-refractivity contribution is 7.90. The number of carbonyl (C=O) groups excluding carboxylic acids is 3. The molecule has 0 unspecified atom stereocenters. The van der Waals surface area contributed by atoms with E-state index in [1.54, 1.807) is 54.6 Å². The first-order chi connectivity index (χ1) is 21.9. The van der Waals surface area contributed by atoms with Gasteiger partial charge in [-0.1, -0.05) is 42.5 Å². The fourth-order valence-electron chi connectivity index (χ4n) is 4.02. The van der Waals surface area contributed by atoms with Crippen LogP contribution in [0.25, 0.3) is 0 Å². The summed E-state index contributed by atoms with van der Waals surface area (Å²) >= 11 is 0. The van der Waals surface area contributed by atoms with Crippen LogP contribution in [-0.2, 0) is 20.0 Å². The van der Waals surface area contributed by atoms with Crippen LogP contribution >= 0.6 is 0 Å². The molecule has 1 aliphatic rings. The van der Waals surface area contributed by atoms with Crippen molar-refractivity contribution in [1.29, 1.82) is 0 Å². The molecule has 0 aromatic heterocycles. The molecule has 1 aliphatic carbocycles. The second-order valence-corrected chi connectivity index (χ2v) is 13.2. The highest BCUT2D eigenvalue weighted by atomic mass is 32.2. The number of para-hydroxylation sites is 2. The Bertz CT molecular complexity index is 1930. The van der Waals surface area contributed by atoms with E-state index in [2.05, 4.69) is 5.32 Å². The molecule has 4 aromatic carbocycles. The molecule has 1 saturated carbocycles. The van der Waals surface area contributed by atoms with Crippen molar-refractivity contribution in [2.45, 2.75) is 28.7 Å². The molecule has 0 bridgehead atoms. The maximum Gasteiger partial charge on any atom is 0.268 e. The minimum absolute atomic E-state index is 0.0308. The Balaban J connectivity index is 0.000000216. The third kappa shape index (κ3) is 8.70. The molecule has 14 heteroatoms. The summed E-state index contributed by atoms with van der Waals surface area (Å²) in [5.74, 6) is -1.18. The second kappa shape index (κ2) is 14.7. The van der Waals surface area contributed by atoms with Crippen molar-refractivity contribution in [3.63, 3.8) is 0 Å². The molecule has 0 aliphatic heterocycles. The number of hydrogen-bond acceptors (Lipinski definition) is 9. The molecule has 3 amide bonds. The van der Waals surface area contributed by atoms with Crippen LogP contribution in [0.4, 0.5) is 0 Å². The van der Waals surface area contributed by atoms with Crippen LogP contribution in [0.15, 0.2) is 113 Å². The lowest BCUT2D eigenvalue weighted by molar-refractivity contribution is 0.0947. The molecular weight excluding hydrogens is 634 g/mol. The summed E-state index contributed by atoms with van der Waals surface area (Å²) in [6.45, 7) is 0. The van der Waals surface area contributed by atoms with Gasteiger partial charge in [-0.2, -0.15) is 0 Å². The first-order valence-corrected chi connectivity index (χ1v) is 16.8. The number of ether oxygens (including phenoxy) is 2. The van der Waals surface area contributed by atoms with Crippen LogP contribution in [0.2, 0.25) is 0 Å². The van der Waals surface area contributed by atoms with Crippen molar-refractivity contribution in [2.75, 3.05) is 14.2 Å². The zero-order valence-electron chi connectivity index (χ0n) is 24.8. The summed E-state index contributed by atoms with van der Waals surface area (Å²) < 4.78 is 63.0. The Morgan fingerprint density at radius 3 is 1.41 bits per heavy atom. The molecule has 12 nitrogen and oxygen atoms in total. The van der Waals surface area contributed by atoms with E-state index in [0.29, 0.717) is 11.3 Å².